The molecule has 1 rings (SSSR count). The molecule has 13 heavy (non-hydrogen) atoms. The summed E-state index contributed by atoms with van der Waals surface area (Å²) in [4.78, 5) is 12.3. The van der Waals surface area contributed by atoms with Gasteiger partial charge >= 0.3 is 0 Å². The van der Waals surface area contributed by atoms with Gasteiger partial charge in [0.15, 0.2) is 0 Å². The van der Waals surface area contributed by atoms with E-state index in [1.165, 1.54) is 6.08 Å². The number of halogens is 1. The monoisotopic (exact) mass is 186 g/mol. The van der Waals surface area contributed by atoms with Gasteiger partial charge in [0, 0.05) is 13.1 Å². The van der Waals surface area contributed by atoms with Crippen LogP contribution in [0.4, 0.5) is 4.39 Å². The van der Waals surface area contributed by atoms with E-state index >= 15 is 0 Å². The average molecular weight is 186 g/mol. The lowest BCUT2D eigenvalue weighted by atomic mass is 10.1. The van der Waals surface area contributed by atoms with Gasteiger partial charge in [-0.25, -0.2) is 4.39 Å². The van der Waals surface area contributed by atoms with Crippen molar-refractivity contribution < 1.29 is 9.18 Å². The molecule has 74 valence electrons. The topological polar surface area (TPSA) is 46.3 Å². The van der Waals surface area contributed by atoms with E-state index in [1.807, 2.05) is 4.90 Å². The van der Waals surface area contributed by atoms with Crippen molar-refractivity contribution in [1.82, 2.24) is 4.90 Å². The van der Waals surface area contributed by atoms with Gasteiger partial charge in [-0.05, 0) is 25.5 Å². The summed E-state index contributed by atoms with van der Waals surface area (Å²) in [7, 11) is 0. The lowest BCUT2D eigenvalue weighted by Gasteiger charge is -2.27. The molecule has 0 spiro atoms. The molecule has 1 aliphatic heterocycles. The molecular weight excluding hydrogens is 171 g/mol. The van der Waals surface area contributed by atoms with E-state index in [0.29, 0.717) is 19.5 Å². The maximum Gasteiger partial charge on any atom is 0.241 e. The van der Waals surface area contributed by atoms with E-state index < -0.39 is 12.1 Å². The third-order valence-electron chi connectivity index (χ3n) is 2.09. The lowest BCUT2D eigenvalue weighted by molar-refractivity contribution is -0.113. The zero-order chi connectivity index (χ0) is 9.68. The number of rotatable bonds is 3. The Kier molecular flexibility index (Phi) is 3.89. The first-order valence-electron chi connectivity index (χ1n) is 4.51. The molecule has 0 saturated carbocycles. The number of likely N-dealkylation sites (tertiary alicyclic amines) is 1. The van der Waals surface area contributed by atoms with E-state index in [2.05, 4.69) is 0 Å². The highest BCUT2D eigenvalue weighted by molar-refractivity contribution is 5.85. The summed E-state index contributed by atoms with van der Waals surface area (Å²) in [6.07, 6.45) is 3.85. The fraction of sp³-hybridized carbons (Fsp3) is 0.667. The van der Waals surface area contributed by atoms with E-state index in [0.717, 1.165) is 13.0 Å². The van der Waals surface area contributed by atoms with Crippen molar-refractivity contribution in [3.8, 4) is 0 Å². The summed E-state index contributed by atoms with van der Waals surface area (Å²) < 4.78 is 12.9. The fourth-order valence-corrected chi connectivity index (χ4v) is 1.48. The van der Waals surface area contributed by atoms with Crippen LogP contribution in [0.2, 0.25) is 0 Å². The number of nitrogens with two attached hydrogens (primary N) is 1. The number of carbonyl (C=O) groups is 1. The molecule has 0 bridgehead atoms. The summed E-state index contributed by atoms with van der Waals surface area (Å²) >= 11 is 0. The molecule has 1 aliphatic rings. The number of hydrogen-bond donors (Lipinski definition) is 1. The van der Waals surface area contributed by atoms with Gasteiger partial charge in [-0.3, -0.25) is 9.69 Å². The minimum Gasteiger partial charge on any atom is -0.366 e. The Morgan fingerprint density at radius 3 is 3.08 bits per heavy atom. The molecule has 0 aromatic carbocycles. The van der Waals surface area contributed by atoms with E-state index in [9.17, 15) is 9.18 Å². The maximum atomic E-state index is 12.9. The molecule has 1 saturated heterocycles. The van der Waals surface area contributed by atoms with Gasteiger partial charge in [0.05, 0.1) is 0 Å². The Bertz CT molecular complexity index is 206. The molecule has 1 atom stereocenters. The molecule has 1 unspecified atom stereocenters. The van der Waals surface area contributed by atoms with Gasteiger partial charge in [-0.15, -0.1) is 0 Å². The van der Waals surface area contributed by atoms with Crippen LogP contribution in [0.3, 0.4) is 0 Å². The van der Waals surface area contributed by atoms with Gasteiger partial charge in [0.25, 0.3) is 0 Å². The minimum atomic E-state index is -0.712. The van der Waals surface area contributed by atoms with Crippen molar-refractivity contribution in [2.24, 2.45) is 5.73 Å². The Labute approximate surface area is 77.4 Å². The van der Waals surface area contributed by atoms with Gasteiger partial charge in [-0.2, -0.15) is 0 Å². The Balaban J connectivity index is 2.24. The molecule has 0 radical (unpaired) electrons. The Hall–Kier alpha value is -0.900. The number of alkyl halides is 1. The minimum absolute atomic E-state index is 0.450. The molecule has 1 heterocycles. The van der Waals surface area contributed by atoms with Crippen molar-refractivity contribution in [3.63, 3.8) is 0 Å². The number of amides is 1. The van der Waals surface area contributed by atoms with Crippen LogP contribution >= 0.6 is 0 Å². The molecule has 1 fully saturated rings. The van der Waals surface area contributed by atoms with Crippen LogP contribution in [0, 0.1) is 0 Å². The van der Waals surface area contributed by atoms with Gasteiger partial charge in [-0.1, -0.05) is 6.08 Å². The number of primary amides is 1. The van der Waals surface area contributed by atoms with Crippen molar-refractivity contribution in [2.75, 3.05) is 19.6 Å². The van der Waals surface area contributed by atoms with Crippen molar-refractivity contribution >= 4 is 5.91 Å². The summed E-state index contributed by atoms with van der Waals surface area (Å²) in [6, 6.07) is 0. The molecule has 4 heteroatoms. The summed E-state index contributed by atoms with van der Waals surface area (Å²) in [5.74, 6) is -0.450. The molecule has 1 amide bonds. The second kappa shape index (κ2) is 4.97. The number of hydrogen-bond acceptors (Lipinski definition) is 2. The maximum absolute atomic E-state index is 12.9. The predicted octanol–water partition coefficient (Wildman–Crippen LogP) is 0.462. The second-order valence-corrected chi connectivity index (χ2v) is 3.30. The standard InChI is InChI=1S/C9H15FN2O/c10-8-3-1-5-12(7-8)6-2-4-9(11)13/h2,4,8H,1,3,5-7H2,(H2,11,13). The number of carbonyl (C=O) groups excluding carboxylic acids is 1. The van der Waals surface area contributed by atoms with Crippen LogP contribution in [0.5, 0.6) is 0 Å². The van der Waals surface area contributed by atoms with Gasteiger partial charge < -0.3 is 5.73 Å². The highest BCUT2D eigenvalue weighted by atomic mass is 19.1. The van der Waals surface area contributed by atoms with E-state index in [-0.39, 0.29) is 0 Å². The van der Waals surface area contributed by atoms with Gasteiger partial charge in [0.1, 0.15) is 6.17 Å². The lowest BCUT2D eigenvalue weighted by Crippen LogP contribution is -2.36. The van der Waals surface area contributed by atoms with E-state index in [4.69, 9.17) is 5.73 Å². The first kappa shape index (κ1) is 10.2. The Morgan fingerprint density at radius 1 is 1.69 bits per heavy atom. The van der Waals surface area contributed by atoms with Crippen LogP contribution in [-0.4, -0.2) is 36.6 Å². The fourth-order valence-electron chi connectivity index (χ4n) is 1.48. The number of piperidine rings is 1. The Morgan fingerprint density at radius 2 is 2.46 bits per heavy atom. The molecule has 0 aliphatic carbocycles. The first-order chi connectivity index (χ1) is 6.18. The summed E-state index contributed by atoms with van der Waals surface area (Å²) in [5, 5.41) is 0. The van der Waals surface area contributed by atoms with Crippen LogP contribution in [0.1, 0.15) is 12.8 Å². The van der Waals surface area contributed by atoms with Gasteiger partial charge in [0.2, 0.25) is 5.91 Å². The summed E-state index contributed by atoms with van der Waals surface area (Å²) in [5.41, 5.74) is 4.92. The highest BCUT2D eigenvalue weighted by Crippen LogP contribution is 2.12. The molecule has 3 nitrogen and oxygen atoms in total. The molecule has 0 aromatic heterocycles. The quantitative estimate of drug-likeness (QED) is 0.651. The molecule has 2 N–H and O–H groups in total. The molecule has 0 aromatic rings. The van der Waals surface area contributed by atoms with Crippen molar-refractivity contribution in [3.05, 3.63) is 12.2 Å². The highest BCUT2D eigenvalue weighted by Gasteiger charge is 2.17. The zero-order valence-electron chi connectivity index (χ0n) is 7.58. The smallest absolute Gasteiger partial charge is 0.241 e. The third kappa shape index (κ3) is 4.03. The largest absolute Gasteiger partial charge is 0.366 e. The van der Waals surface area contributed by atoms with E-state index in [1.54, 1.807) is 6.08 Å². The normalized spacial score (nSPS) is 25.2. The van der Waals surface area contributed by atoms with Crippen molar-refractivity contribution in [2.45, 2.75) is 19.0 Å². The predicted molar refractivity (Wildman–Crippen MR) is 48.9 cm³/mol. The average Bonchev–Trinajstić information content (AvgIpc) is 2.03. The van der Waals surface area contributed by atoms with Crippen molar-refractivity contribution in [1.29, 1.82) is 0 Å². The van der Waals surface area contributed by atoms with Crippen LogP contribution in [-0.2, 0) is 4.79 Å². The first-order valence-corrected chi connectivity index (χ1v) is 4.51. The van der Waals surface area contributed by atoms with Crippen LogP contribution < -0.4 is 5.73 Å². The van der Waals surface area contributed by atoms with Crippen LogP contribution in [0.15, 0.2) is 12.2 Å². The number of nitrogens with zero attached hydrogens (tertiary/aromatic N) is 1. The second-order valence-electron chi connectivity index (χ2n) is 3.30. The zero-order valence-corrected chi connectivity index (χ0v) is 7.58. The SMILES string of the molecule is NC(=O)C=CCN1CCCC(F)C1. The summed E-state index contributed by atoms with van der Waals surface area (Å²) in [6.45, 7) is 2.00. The van der Waals surface area contributed by atoms with Crippen LogP contribution in [0.25, 0.3) is 0 Å². The molecular formula is C9H15FN2O. The third-order valence-corrected chi connectivity index (χ3v) is 2.09.